The van der Waals surface area contributed by atoms with Gasteiger partial charge in [-0.15, -0.1) is 0 Å². The number of hydrogen-bond donors (Lipinski definition) is 1. The van der Waals surface area contributed by atoms with Gasteiger partial charge in [-0.05, 0) is 24.6 Å². The minimum Gasteiger partial charge on any atom is -0.383 e. The summed E-state index contributed by atoms with van der Waals surface area (Å²) < 4.78 is 7.83. The number of halogens is 2. The van der Waals surface area contributed by atoms with E-state index in [1.54, 1.807) is 11.8 Å². The van der Waals surface area contributed by atoms with Gasteiger partial charge in [-0.25, -0.2) is 4.68 Å². The highest BCUT2D eigenvalue weighted by atomic mass is 79.9. The fourth-order valence-corrected chi connectivity index (χ4v) is 2.43. The zero-order valence-corrected chi connectivity index (χ0v) is 13.8. The highest BCUT2D eigenvalue weighted by molar-refractivity contribution is 9.10. The Balaban J connectivity index is 2.09. The Morgan fingerprint density at radius 2 is 2.25 bits per heavy atom. The smallest absolute Gasteiger partial charge is 0.0819 e. The first kappa shape index (κ1) is 15.5. The number of methoxy groups -OCH3 is 1. The second-order valence-electron chi connectivity index (χ2n) is 4.45. The van der Waals surface area contributed by atoms with Crippen LogP contribution in [0.5, 0.6) is 0 Å². The molecule has 6 heteroatoms. The lowest BCUT2D eigenvalue weighted by Crippen LogP contribution is -2.18. The van der Waals surface area contributed by atoms with E-state index in [1.165, 1.54) is 5.56 Å². The van der Waals surface area contributed by atoms with E-state index in [0.29, 0.717) is 11.6 Å². The third kappa shape index (κ3) is 3.82. The number of nitrogens with one attached hydrogen (secondary N) is 1. The first-order valence-corrected chi connectivity index (χ1v) is 7.49. The van der Waals surface area contributed by atoms with Crippen LogP contribution in [0, 0.1) is 6.92 Å². The normalized spacial score (nSPS) is 11.0. The Labute approximate surface area is 132 Å². The molecule has 20 heavy (non-hydrogen) atoms. The topological polar surface area (TPSA) is 39.1 Å². The van der Waals surface area contributed by atoms with Gasteiger partial charge in [0.2, 0.25) is 0 Å². The van der Waals surface area contributed by atoms with E-state index in [1.807, 2.05) is 25.3 Å². The SMILES string of the molecule is COCCNCc1ccc(-n2cc(Cl)c(C)n2)cc1Br. The summed E-state index contributed by atoms with van der Waals surface area (Å²) in [4.78, 5) is 0. The van der Waals surface area contributed by atoms with E-state index in [0.717, 1.165) is 28.9 Å². The Kier molecular flexibility index (Phi) is 5.60. The van der Waals surface area contributed by atoms with E-state index in [2.05, 4.69) is 32.4 Å². The molecule has 2 rings (SSSR count). The number of rotatable bonds is 6. The van der Waals surface area contributed by atoms with Gasteiger partial charge < -0.3 is 10.1 Å². The van der Waals surface area contributed by atoms with Gasteiger partial charge >= 0.3 is 0 Å². The summed E-state index contributed by atoms with van der Waals surface area (Å²) in [5, 5.41) is 8.36. The molecule has 0 aliphatic heterocycles. The first-order valence-electron chi connectivity index (χ1n) is 6.32. The van der Waals surface area contributed by atoms with Crippen molar-refractivity contribution in [2.24, 2.45) is 0 Å². The molecule has 0 saturated carbocycles. The second kappa shape index (κ2) is 7.22. The fraction of sp³-hybridized carbons (Fsp3) is 0.357. The molecule has 1 aromatic carbocycles. The summed E-state index contributed by atoms with van der Waals surface area (Å²) in [5.74, 6) is 0. The van der Waals surface area contributed by atoms with Crippen LogP contribution in [0.25, 0.3) is 5.69 Å². The summed E-state index contributed by atoms with van der Waals surface area (Å²) in [7, 11) is 1.70. The third-order valence-corrected chi connectivity index (χ3v) is 4.05. The molecule has 0 aliphatic rings. The Hall–Kier alpha value is -0.880. The zero-order chi connectivity index (χ0) is 14.5. The molecule has 0 fully saturated rings. The highest BCUT2D eigenvalue weighted by Gasteiger charge is 2.06. The van der Waals surface area contributed by atoms with E-state index >= 15 is 0 Å². The minimum absolute atomic E-state index is 0.673. The predicted molar refractivity (Wildman–Crippen MR) is 84.6 cm³/mol. The number of aryl methyl sites for hydroxylation is 1. The van der Waals surface area contributed by atoms with Crippen LogP contribution in [0.15, 0.2) is 28.9 Å². The number of ether oxygens (including phenoxy) is 1. The summed E-state index contributed by atoms with van der Waals surface area (Å²) in [6, 6.07) is 6.14. The van der Waals surface area contributed by atoms with Crippen LogP contribution >= 0.6 is 27.5 Å². The van der Waals surface area contributed by atoms with E-state index in [-0.39, 0.29) is 0 Å². The molecule has 0 amide bonds. The molecule has 0 aliphatic carbocycles. The summed E-state index contributed by atoms with van der Waals surface area (Å²) in [6.45, 7) is 4.23. The van der Waals surface area contributed by atoms with Crippen molar-refractivity contribution in [2.45, 2.75) is 13.5 Å². The van der Waals surface area contributed by atoms with Crippen LogP contribution in [-0.4, -0.2) is 30.0 Å². The second-order valence-corrected chi connectivity index (χ2v) is 5.71. The van der Waals surface area contributed by atoms with Crippen molar-refractivity contribution >= 4 is 27.5 Å². The van der Waals surface area contributed by atoms with E-state index in [4.69, 9.17) is 16.3 Å². The van der Waals surface area contributed by atoms with Crippen molar-refractivity contribution in [3.8, 4) is 5.69 Å². The predicted octanol–water partition coefficient (Wildman–Crippen LogP) is 3.33. The quantitative estimate of drug-likeness (QED) is 0.805. The maximum absolute atomic E-state index is 6.03. The average molecular weight is 359 g/mol. The molecule has 1 N–H and O–H groups in total. The standard InChI is InChI=1S/C14H17BrClN3O/c1-10-14(16)9-19(18-10)12-4-3-11(13(15)7-12)8-17-5-6-20-2/h3-4,7,9,17H,5-6,8H2,1-2H3. The molecule has 0 bridgehead atoms. The monoisotopic (exact) mass is 357 g/mol. The van der Waals surface area contributed by atoms with Gasteiger partial charge in [0, 0.05) is 30.9 Å². The highest BCUT2D eigenvalue weighted by Crippen LogP contribution is 2.22. The summed E-state index contributed by atoms with van der Waals surface area (Å²) >= 11 is 9.63. The largest absolute Gasteiger partial charge is 0.383 e. The number of hydrogen-bond acceptors (Lipinski definition) is 3. The number of aromatic nitrogens is 2. The van der Waals surface area contributed by atoms with Crippen LogP contribution in [-0.2, 0) is 11.3 Å². The van der Waals surface area contributed by atoms with Gasteiger partial charge in [0.15, 0.2) is 0 Å². The van der Waals surface area contributed by atoms with E-state index < -0.39 is 0 Å². The maximum Gasteiger partial charge on any atom is 0.0819 e. The number of nitrogens with zero attached hydrogens (tertiary/aromatic N) is 2. The molecule has 2 aromatic rings. The van der Waals surface area contributed by atoms with Crippen molar-refractivity contribution in [2.75, 3.05) is 20.3 Å². The van der Waals surface area contributed by atoms with Crippen molar-refractivity contribution in [1.82, 2.24) is 15.1 Å². The minimum atomic E-state index is 0.673. The Bertz CT molecular complexity index is 566. The summed E-state index contributed by atoms with van der Waals surface area (Å²) in [5.41, 5.74) is 3.00. The van der Waals surface area contributed by atoms with Crippen LogP contribution in [0.2, 0.25) is 5.02 Å². The number of benzene rings is 1. The van der Waals surface area contributed by atoms with Crippen LogP contribution < -0.4 is 5.32 Å². The first-order chi connectivity index (χ1) is 9.61. The molecule has 0 unspecified atom stereocenters. The van der Waals surface area contributed by atoms with Gasteiger partial charge in [0.25, 0.3) is 0 Å². The Morgan fingerprint density at radius 1 is 1.45 bits per heavy atom. The lowest BCUT2D eigenvalue weighted by molar-refractivity contribution is 0.199. The van der Waals surface area contributed by atoms with Gasteiger partial charge in [0.05, 0.1) is 23.0 Å². The third-order valence-electron chi connectivity index (χ3n) is 2.94. The molecule has 1 heterocycles. The fourth-order valence-electron chi connectivity index (χ4n) is 1.79. The van der Waals surface area contributed by atoms with Crippen molar-refractivity contribution < 1.29 is 4.74 Å². The zero-order valence-electron chi connectivity index (χ0n) is 11.5. The van der Waals surface area contributed by atoms with Crippen molar-refractivity contribution in [3.63, 3.8) is 0 Å². The van der Waals surface area contributed by atoms with Gasteiger partial charge in [-0.3, -0.25) is 0 Å². The molecule has 0 radical (unpaired) electrons. The molecule has 0 spiro atoms. The van der Waals surface area contributed by atoms with Gasteiger partial charge in [-0.1, -0.05) is 33.6 Å². The van der Waals surface area contributed by atoms with E-state index in [9.17, 15) is 0 Å². The van der Waals surface area contributed by atoms with Crippen LogP contribution in [0.3, 0.4) is 0 Å². The average Bonchev–Trinajstić information content (AvgIpc) is 2.76. The lowest BCUT2D eigenvalue weighted by atomic mass is 10.2. The van der Waals surface area contributed by atoms with Crippen LogP contribution in [0.1, 0.15) is 11.3 Å². The van der Waals surface area contributed by atoms with Crippen molar-refractivity contribution in [3.05, 3.63) is 45.1 Å². The molecule has 0 saturated heterocycles. The lowest BCUT2D eigenvalue weighted by Gasteiger charge is -2.09. The van der Waals surface area contributed by atoms with Gasteiger partial charge in [0.1, 0.15) is 0 Å². The molecule has 108 valence electrons. The van der Waals surface area contributed by atoms with Gasteiger partial charge in [-0.2, -0.15) is 5.10 Å². The molecular weight excluding hydrogens is 342 g/mol. The molecule has 0 atom stereocenters. The van der Waals surface area contributed by atoms with Crippen molar-refractivity contribution in [1.29, 1.82) is 0 Å². The maximum atomic E-state index is 6.03. The Morgan fingerprint density at radius 3 is 2.85 bits per heavy atom. The molecular formula is C14H17BrClN3O. The molecule has 4 nitrogen and oxygen atoms in total. The summed E-state index contributed by atoms with van der Waals surface area (Å²) in [6.07, 6.45) is 1.81. The van der Waals surface area contributed by atoms with Crippen LogP contribution in [0.4, 0.5) is 0 Å². The molecule has 1 aromatic heterocycles.